The van der Waals surface area contributed by atoms with Crippen LogP contribution in [0.5, 0.6) is 5.75 Å². The van der Waals surface area contributed by atoms with Crippen LogP contribution in [-0.2, 0) is 9.59 Å². The van der Waals surface area contributed by atoms with Crippen LogP contribution in [0.1, 0.15) is 18.9 Å². The smallest absolute Gasteiger partial charge is 0.249 e. The molecule has 0 aliphatic carbocycles. The molecule has 0 radical (unpaired) electrons. The van der Waals surface area contributed by atoms with Crippen LogP contribution in [0.2, 0.25) is 0 Å². The number of nitrogens with one attached hydrogen (secondary N) is 2. The van der Waals surface area contributed by atoms with E-state index in [2.05, 4.69) is 21.1 Å². The van der Waals surface area contributed by atoms with Gasteiger partial charge in [-0.25, -0.2) is 10.9 Å². The SMILES string of the molecule is CC1=NNC(=O)C1CC(=O)N/N=C/c1ccc(O)cc1. The minimum Gasteiger partial charge on any atom is -0.508 e. The molecule has 1 heterocycles. The van der Waals surface area contributed by atoms with E-state index < -0.39 is 5.92 Å². The Morgan fingerprint density at radius 3 is 2.80 bits per heavy atom. The number of benzene rings is 1. The van der Waals surface area contributed by atoms with Gasteiger partial charge in [-0.1, -0.05) is 0 Å². The lowest BCUT2D eigenvalue weighted by molar-refractivity contribution is -0.127. The van der Waals surface area contributed by atoms with Gasteiger partial charge in [0.2, 0.25) is 11.8 Å². The van der Waals surface area contributed by atoms with Crippen molar-refractivity contribution in [2.75, 3.05) is 0 Å². The largest absolute Gasteiger partial charge is 0.508 e. The fourth-order valence-corrected chi connectivity index (χ4v) is 1.70. The molecule has 1 aromatic rings. The van der Waals surface area contributed by atoms with Crippen molar-refractivity contribution in [1.82, 2.24) is 10.9 Å². The predicted molar refractivity (Wildman–Crippen MR) is 73.2 cm³/mol. The number of phenolic OH excluding ortho intramolecular Hbond substituents is 1. The highest BCUT2D eigenvalue weighted by Gasteiger charge is 2.28. The summed E-state index contributed by atoms with van der Waals surface area (Å²) < 4.78 is 0. The number of nitrogens with zero attached hydrogens (tertiary/aromatic N) is 2. The van der Waals surface area contributed by atoms with Crippen molar-refractivity contribution >= 4 is 23.7 Å². The van der Waals surface area contributed by atoms with E-state index in [-0.39, 0.29) is 24.0 Å². The molecule has 1 atom stereocenters. The molecule has 7 nitrogen and oxygen atoms in total. The van der Waals surface area contributed by atoms with Gasteiger partial charge < -0.3 is 5.11 Å². The summed E-state index contributed by atoms with van der Waals surface area (Å²) in [6.45, 7) is 1.69. The zero-order valence-electron chi connectivity index (χ0n) is 10.8. The van der Waals surface area contributed by atoms with E-state index in [4.69, 9.17) is 5.11 Å². The van der Waals surface area contributed by atoms with Gasteiger partial charge in [-0.15, -0.1) is 0 Å². The lowest BCUT2D eigenvalue weighted by atomic mass is 10.0. The highest BCUT2D eigenvalue weighted by molar-refractivity contribution is 6.09. The minimum absolute atomic E-state index is 0.00802. The maximum absolute atomic E-state index is 11.6. The molecule has 2 amide bonds. The van der Waals surface area contributed by atoms with Gasteiger partial charge in [-0.3, -0.25) is 9.59 Å². The van der Waals surface area contributed by atoms with E-state index in [1.807, 2.05) is 0 Å². The Hall–Kier alpha value is -2.70. The van der Waals surface area contributed by atoms with Gasteiger partial charge >= 0.3 is 0 Å². The summed E-state index contributed by atoms with van der Waals surface area (Å²) in [6, 6.07) is 6.36. The molecule has 1 aliphatic rings. The van der Waals surface area contributed by atoms with Crippen molar-refractivity contribution in [3.8, 4) is 5.75 Å². The summed E-state index contributed by atoms with van der Waals surface area (Å²) in [5, 5.41) is 16.7. The van der Waals surface area contributed by atoms with E-state index in [0.29, 0.717) is 5.71 Å². The number of hydrazone groups is 2. The lowest BCUT2D eigenvalue weighted by Crippen LogP contribution is -2.29. The number of hydrogen-bond acceptors (Lipinski definition) is 5. The number of amides is 2. The van der Waals surface area contributed by atoms with Gasteiger partial charge in [0.15, 0.2) is 0 Å². The Labute approximate surface area is 115 Å². The second-order valence-corrected chi connectivity index (χ2v) is 4.37. The number of rotatable bonds is 4. The Bertz CT molecular complexity index is 578. The maximum atomic E-state index is 11.6. The molecule has 1 aliphatic heterocycles. The van der Waals surface area contributed by atoms with Crippen LogP contribution in [0.25, 0.3) is 0 Å². The third kappa shape index (κ3) is 3.41. The lowest BCUT2D eigenvalue weighted by Gasteiger charge is -2.05. The van der Waals surface area contributed by atoms with Gasteiger partial charge in [0.1, 0.15) is 5.75 Å². The first-order valence-electron chi connectivity index (χ1n) is 6.01. The van der Waals surface area contributed by atoms with Crippen LogP contribution in [0.3, 0.4) is 0 Å². The molecule has 0 saturated heterocycles. The minimum atomic E-state index is -0.529. The Kier molecular flexibility index (Phi) is 4.09. The number of carbonyl (C=O) groups is 2. The molecule has 1 aromatic carbocycles. The standard InChI is InChI=1S/C13H14N4O3/c1-8-11(13(20)17-15-8)6-12(19)16-14-7-9-2-4-10(18)5-3-9/h2-5,7,11,18H,6H2,1H3,(H,16,19)(H,17,20)/b14-7+. The molecule has 7 heteroatoms. The normalized spacial score (nSPS) is 17.9. The average Bonchev–Trinajstić information content (AvgIpc) is 2.73. The average molecular weight is 274 g/mol. The number of phenols is 1. The predicted octanol–water partition coefficient (Wildman–Crippen LogP) is 0.354. The first kappa shape index (κ1) is 13.7. The van der Waals surface area contributed by atoms with Crippen molar-refractivity contribution in [1.29, 1.82) is 0 Å². The van der Waals surface area contributed by atoms with Crippen molar-refractivity contribution < 1.29 is 14.7 Å². The molecule has 20 heavy (non-hydrogen) atoms. The number of aromatic hydroxyl groups is 1. The van der Waals surface area contributed by atoms with Gasteiger partial charge in [-0.05, 0) is 36.8 Å². The molecule has 0 saturated carbocycles. The van der Waals surface area contributed by atoms with Gasteiger partial charge in [0, 0.05) is 12.1 Å². The van der Waals surface area contributed by atoms with Gasteiger partial charge in [-0.2, -0.15) is 10.2 Å². The second-order valence-electron chi connectivity index (χ2n) is 4.37. The Morgan fingerprint density at radius 2 is 2.20 bits per heavy atom. The van der Waals surface area contributed by atoms with E-state index in [0.717, 1.165) is 5.56 Å². The number of carbonyl (C=O) groups excluding carboxylic acids is 2. The Morgan fingerprint density at radius 1 is 1.50 bits per heavy atom. The first-order valence-corrected chi connectivity index (χ1v) is 6.01. The highest BCUT2D eigenvalue weighted by atomic mass is 16.3. The molecule has 3 N–H and O–H groups in total. The fourth-order valence-electron chi connectivity index (χ4n) is 1.70. The molecular weight excluding hydrogens is 260 g/mol. The van der Waals surface area contributed by atoms with Crippen LogP contribution < -0.4 is 10.9 Å². The molecule has 0 bridgehead atoms. The van der Waals surface area contributed by atoms with Gasteiger partial charge in [0.05, 0.1) is 12.1 Å². The molecule has 1 unspecified atom stereocenters. The van der Waals surface area contributed by atoms with Crippen molar-refractivity contribution in [3.63, 3.8) is 0 Å². The van der Waals surface area contributed by atoms with E-state index in [1.165, 1.54) is 18.3 Å². The molecule has 2 rings (SSSR count). The van der Waals surface area contributed by atoms with Crippen molar-refractivity contribution in [2.24, 2.45) is 16.1 Å². The molecule has 0 fully saturated rings. The third-order valence-electron chi connectivity index (χ3n) is 2.85. The quantitative estimate of drug-likeness (QED) is 0.545. The van der Waals surface area contributed by atoms with Crippen LogP contribution >= 0.6 is 0 Å². The molecule has 0 aromatic heterocycles. The summed E-state index contributed by atoms with van der Waals surface area (Å²) in [5.41, 5.74) is 5.99. The molecular formula is C13H14N4O3. The zero-order chi connectivity index (χ0) is 14.5. The van der Waals surface area contributed by atoms with Gasteiger partial charge in [0.25, 0.3) is 0 Å². The molecule has 104 valence electrons. The zero-order valence-corrected chi connectivity index (χ0v) is 10.8. The first-order chi connectivity index (χ1) is 9.56. The third-order valence-corrected chi connectivity index (χ3v) is 2.85. The van der Waals surface area contributed by atoms with Crippen LogP contribution in [0.4, 0.5) is 0 Å². The monoisotopic (exact) mass is 274 g/mol. The Balaban J connectivity index is 1.85. The van der Waals surface area contributed by atoms with Crippen molar-refractivity contribution in [3.05, 3.63) is 29.8 Å². The van der Waals surface area contributed by atoms with E-state index >= 15 is 0 Å². The topological polar surface area (TPSA) is 103 Å². The van der Waals surface area contributed by atoms with Crippen LogP contribution in [0.15, 0.2) is 34.5 Å². The summed E-state index contributed by atoms with van der Waals surface area (Å²) in [6.07, 6.45) is 1.46. The summed E-state index contributed by atoms with van der Waals surface area (Å²) in [4.78, 5) is 23.0. The summed E-state index contributed by atoms with van der Waals surface area (Å²) >= 11 is 0. The summed E-state index contributed by atoms with van der Waals surface area (Å²) in [7, 11) is 0. The highest BCUT2D eigenvalue weighted by Crippen LogP contribution is 2.11. The second kappa shape index (κ2) is 5.96. The van der Waals surface area contributed by atoms with Crippen LogP contribution in [0, 0.1) is 5.92 Å². The van der Waals surface area contributed by atoms with E-state index in [9.17, 15) is 9.59 Å². The van der Waals surface area contributed by atoms with E-state index in [1.54, 1.807) is 19.1 Å². The number of hydrogen-bond donors (Lipinski definition) is 3. The van der Waals surface area contributed by atoms with Crippen LogP contribution in [-0.4, -0.2) is 28.8 Å². The molecule has 0 spiro atoms. The fraction of sp³-hybridized carbons (Fsp3) is 0.231. The summed E-state index contributed by atoms with van der Waals surface area (Å²) in [5.74, 6) is -1.01. The maximum Gasteiger partial charge on any atom is 0.249 e. The van der Waals surface area contributed by atoms with Crippen molar-refractivity contribution in [2.45, 2.75) is 13.3 Å².